The summed E-state index contributed by atoms with van der Waals surface area (Å²) < 4.78 is 20.2. The number of furan rings is 1. The van der Waals surface area contributed by atoms with Crippen molar-refractivity contribution >= 4 is 11.0 Å². The van der Waals surface area contributed by atoms with Gasteiger partial charge in [-0.1, -0.05) is 24.3 Å². The normalized spacial score (nSPS) is 33.6. The minimum Gasteiger partial charge on any atom is -0.504 e. The van der Waals surface area contributed by atoms with Crippen LogP contribution in [0.4, 0.5) is 0 Å². The molecule has 1 saturated carbocycles. The second kappa shape index (κ2) is 6.13. The molecule has 1 saturated heterocycles. The fraction of sp³-hybridized carbons (Fsp3) is 0.500. The number of rotatable bonds is 4. The minimum absolute atomic E-state index is 0.236. The van der Waals surface area contributed by atoms with E-state index in [1.165, 1.54) is 41.5 Å². The predicted octanol–water partition coefficient (Wildman–Crippen LogP) is 4.88. The van der Waals surface area contributed by atoms with Crippen LogP contribution < -0.4 is 4.74 Å². The lowest BCUT2D eigenvalue weighted by atomic mass is 9.49. The van der Waals surface area contributed by atoms with Crippen LogP contribution in [0.5, 0.6) is 11.5 Å². The maximum Gasteiger partial charge on any atom is 0.169 e. The van der Waals surface area contributed by atoms with Crippen molar-refractivity contribution < 1.29 is 19.0 Å². The van der Waals surface area contributed by atoms with Crippen LogP contribution in [-0.2, 0) is 23.0 Å². The second-order valence-electron chi connectivity index (χ2n) is 10.8. The minimum atomic E-state index is -0.398. The summed E-state index contributed by atoms with van der Waals surface area (Å²) in [4.78, 5) is 2.73. The molecule has 3 aromatic rings. The summed E-state index contributed by atoms with van der Waals surface area (Å²) in [5, 5.41) is 12.1. The second-order valence-corrected chi connectivity index (χ2v) is 10.8. The van der Waals surface area contributed by atoms with Gasteiger partial charge in [0.25, 0.3) is 0 Å². The molecule has 4 atom stereocenters. The third-order valence-electron chi connectivity index (χ3n) is 9.29. The number of phenols is 1. The van der Waals surface area contributed by atoms with Gasteiger partial charge in [-0.05, 0) is 62.8 Å². The fourth-order valence-corrected chi connectivity index (χ4v) is 7.92. The van der Waals surface area contributed by atoms with E-state index in [2.05, 4.69) is 36.1 Å². The number of likely N-dealkylation sites (tertiary alicyclic amines) is 1. The molecule has 0 unspecified atom stereocenters. The molecule has 2 bridgehead atoms. The maximum absolute atomic E-state index is 10.9. The summed E-state index contributed by atoms with van der Waals surface area (Å²) in [6.07, 6.45) is 5.17. The molecular weight excluding hydrogens is 414 g/mol. The summed E-state index contributed by atoms with van der Waals surface area (Å²) in [5.74, 6) is 2.66. The van der Waals surface area contributed by atoms with Crippen LogP contribution in [0.1, 0.15) is 54.7 Å². The van der Waals surface area contributed by atoms with Gasteiger partial charge >= 0.3 is 0 Å². The highest BCUT2D eigenvalue weighted by Gasteiger charge is 2.74. The van der Waals surface area contributed by atoms with Gasteiger partial charge in [0, 0.05) is 42.1 Å². The highest BCUT2D eigenvalue weighted by atomic mass is 16.5. The Hall–Kier alpha value is -2.50. The lowest BCUT2D eigenvalue weighted by Crippen LogP contribution is -2.75. The Morgan fingerprint density at radius 3 is 2.91 bits per heavy atom. The first-order valence-electron chi connectivity index (χ1n) is 12.6. The van der Waals surface area contributed by atoms with E-state index in [0.717, 1.165) is 43.1 Å². The van der Waals surface area contributed by atoms with Crippen LogP contribution >= 0.6 is 0 Å². The first kappa shape index (κ1) is 18.9. The smallest absolute Gasteiger partial charge is 0.169 e. The number of phenolic OH excluding ortho intramolecular Hbond substituents is 1. The van der Waals surface area contributed by atoms with Crippen molar-refractivity contribution in [2.24, 2.45) is 5.92 Å². The Kier molecular flexibility index (Phi) is 3.51. The molecule has 8 rings (SSSR count). The quantitative estimate of drug-likeness (QED) is 0.623. The lowest BCUT2D eigenvalue weighted by molar-refractivity contribution is -0.204. The third-order valence-corrected chi connectivity index (χ3v) is 9.29. The van der Waals surface area contributed by atoms with Crippen LogP contribution in [0.25, 0.3) is 11.0 Å². The van der Waals surface area contributed by atoms with Crippen LogP contribution in [0, 0.1) is 5.92 Å². The van der Waals surface area contributed by atoms with E-state index < -0.39 is 5.60 Å². The van der Waals surface area contributed by atoms with Gasteiger partial charge in [-0.2, -0.15) is 0 Å². The highest BCUT2D eigenvalue weighted by molar-refractivity contribution is 5.84. The maximum atomic E-state index is 10.9. The van der Waals surface area contributed by atoms with Gasteiger partial charge < -0.3 is 19.0 Å². The molecule has 2 aromatic carbocycles. The first-order valence-corrected chi connectivity index (χ1v) is 12.6. The predicted molar refractivity (Wildman–Crippen MR) is 124 cm³/mol. The molecule has 5 heteroatoms. The molecule has 3 heterocycles. The molecule has 33 heavy (non-hydrogen) atoms. The first-order chi connectivity index (χ1) is 16.2. The van der Waals surface area contributed by atoms with Crippen molar-refractivity contribution in [1.82, 2.24) is 4.90 Å². The van der Waals surface area contributed by atoms with Crippen LogP contribution in [0.3, 0.4) is 0 Å². The molecular formula is C28H29NO4. The summed E-state index contributed by atoms with van der Waals surface area (Å²) in [7, 11) is 0. The van der Waals surface area contributed by atoms with Crippen LogP contribution in [0.15, 0.2) is 40.8 Å². The Balaban J connectivity index is 1.44. The molecule has 2 fully saturated rings. The van der Waals surface area contributed by atoms with Crippen molar-refractivity contribution in [1.29, 1.82) is 0 Å². The number of piperidine rings is 1. The summed E-state index contributed by atoms with van der Waals surface area (Å²) in [6.45, 7) is 5.00. The summed E-state index contributed by atoms with van der Waals surface area (Å²) in [5.41, 5.74) is 3.91. The Bertz CT molecular complexity index is 1310. The molecule has 0 radical (unpaired) electrons. The molecule has 1 aromatic heterocycles. The number of ether oxygens (including phenoxy) is 2. The van der Waals surface area contributed by atoms with Crippen LogP contribution in [0.2, 0.25) is 0 Å². The monoisotopic (exact) mass is 443 g/mol. The van der Waals surface area contributed by atoms with E-state index in [1.807, 2.05) is 12.1 Å². The molecule has 1 N–H and O–H groups in total. The molecule has 5 aliphatic rings. The summed E-state index contributed by atoms with van der Waals surface area (Å²) in [6, 6.07) is 12.6. The molecule has 0 amide bonds. The number of fused-ring (bicyclic) bond motifs is 4. The lowest BCUT2D eigenvalue weighted by Gasteiger charge is -2.64. The van der Waals surface area contributed by atoms with Crippen molar-refractivity contribution in [3.8, 4) is 11.5 Å². The zero-order valence-electron chi connectivity index (χ0n) is 19.0. The molecule has 1 spiro atoms. The number of hydrogen-bond acceptors (Lipinski definition) is 5. The Labute approximate surface area is 193 Å². The van der Waals surface area contributed by atoms with Gasteiger partial charge in [0.15, 0.2) is 17.6 Å². The van der Waals surface area contributed by atoms with E-state index in [9.17, 15) is 5.11 Å². The third kappa shape index (κ3) is 2.12. The van der Waals surface area contributed by atoms with E-state index in [0.29, 0.717) is 18.4 Å². The number of benzene rings is 2. The van der Waals surface area contributed by atoms with Crippen molar-refractivity contribution in [3.05, 3.63) is 58.8 Å². The van der Waals surface area contributed by atoms with E-state index >= 15 is 0 Å². The standard InChI is InChI=1S/C28H29NO4/c1-2-31-28-14-19-18-5-3-4-6-21(18)32-24(19)26-27(28)11-12-29(15-16-7-8-16)22(28)13-17-9-10-20(30)25(33-26)23(17)27/h3-6,9-10,16,22,26,30H,2,7-8,11-15H2,1H3/t22-,26-,27-,28+/m0/s1. The highest BCUT2D eigenvalue weighted by Crippen LogP contribution is 2.70. The number of hydrogen-bond donors (Lipinski definition) is 1. The van der Waals surface area contributed by atoms with Gasteiger partial charge in [-0.15, -0.1) is 0 Å². The zero-order valence-corrected chi connectivity index (χ0v) is 19.0. The topological polar surface area (TPSA) is 55.1 Å². The Morgan fingerprint density at radius 1 is 1.18 bits per heavy atom. The number of aromatic hydroxyl groups is 1. The van der Waals surface area contributed by atoms with Gasteiger partial charge in [0.05, 0.1) is 5.41 Å². The van der Waals surface area contributed by atoms with Gasteiger partial charge in [-0.3, -0.25) is 4.90 Å². The molecule has 5 nitrogen and oxygen atoms in total. The zero-order chi connectivity index (χ0) is 21.9. The number of para-hydroxylation sites is 1. The average Bonchev–Trinajstić information content (AvgIpc) is 3.45. The van der Waals surface area contributed by atoms with E-state index in [4.69, 9.17) is 13.9 Å². The average molecular weight is 444 g/mol. The summed E-state index contributed by atoms with van der Waals surface area (Å²) >= 11 is 0. The fourth-order valence-electron chi connectivity index (χ4n) is 7.92. The SMILES string of the molecule is CCO[C@@]12Cc3c(oc4ccccc34)[C@@H]3Oc4c(O)ccc5c4[C@@]31CCN(CC1CC1)[C@H]2C5. The van der Waals surface area contributed by atoms with Gasteiger partial charge in [-0.25, -0.2) is 0 Å². The Morgan fingerprint density at radius 2 is 2.06 bits per heavy atom. The number of nitrogens with zero attached hydrogens (tertiary/aromatic N) is 1. The van der Waals surface area contributed by atoms with Crippen LogP contribution in [-0.4, -0.2) is 41.3 Å². The van der Waals surface area contributed by atoms with Crippen molar-refractivity contribution in [2.45, 2.75) is 62.2 Å². The largest absolute Gasteiger partial charge is 0.504 e. The van der Waals surface area contributed by atoms with E-state index in [1.54, 1.807) is 0 Å². The molecule has 2 aliphatic heterocycles. The molecule has 170 valence electrons. The van der Waals surface area contributed by atoms with E-state index in [-0.39, 0.29) is 17.3 Å². The van der Waals surface area contributed by atoms with Crippen molar-refractivity contribution in [3.63, 3.8) is 0 Å². The van der Waals surface area contributed by atoms with Gasteiger partial charge in [0.2, 0.25) is 0 Å². The van der Waals surface area contributed by atoms with Crippen molar-refractivity contribution in [2.75, 3.05) is 19.7 Å². The van der Waals surface area contributed by atoms with Gasteiger partial charge in [0.1, 0.15) is 16.9 Å². The molecule has 3 aliphatic carbocycles.